The zero-order chi connectivity index (χ0) is 13.9. The van der Waals surface area contributed by atoms with Gasteiger partial charge in [0.25, 0.3) is 0 Å². The van der Waals surface area contributed by atoms with Gasteiger partial charge in [0.1, 0.15) is 5.52 Å². The molecule has 0 aliphatic carbocycles. The van der Waals surface area contributed by atoms with E-state index in [0.29, 0.717) is 24.4 Å². The van der Waals surface area contributed by atoms with E-state index in [1.54, 1.807) is 6.33 Å². The fourth-order valence-corrected chi connectivity index (χ4v) is 2.52. The van der Waals surface area contributed by atoms with Crippen molar-refractivity contribution < 1.29 is 4.79 Å². The Hall–Kier alpha value is -1.89. The number of amides is 1. The van der Waals surface area contributed by atoms with E-state index in [-0.39, 0.29) is 11.2 Å². The lowest BCUT2D eigenvalue weighted by Crippen LogP contribution is -2.27. The standard InChI is InChI=1S/C12H15ClN6O/c13-12-17-10(9-11(18-12)16-7-15-9)14-4-2-6-19-5-1-3-8(19)20/h7H,1-6H2,(H2,14,15,16,17,18). The van der Waals surface area contributed by atoms with Crippen LogP contribution in [0.4, 0.5) is 5.82 Å². The van der Waals surface area contributed by atoms with Crippen LogP contribution in [0.3, 0.4) is 0 Å². The summed E-state index contributed by atoms with van der Waals surface area (Å²) in [6.45, 7) is 2.37. The lowest BCUT2D eigenvalue weighted by molar-refractivity contribution is -0.127. The molecule has 3 heterocycles. The topological polar surface area (TPSA) is 86.8 Å². The number of anilines is 1. The SMILES string of the molecule is O=C1CCCN1CCCNc1nc(Cl)nc2nc[nH]c12. The molecule has 0 bridgehead atoms. The maximum atomic E-state index is 11.5. The van der Waals surface area contributed by atoms with Crippen molar-refractivity contribution in [2.45, 2.75) is 19.3 Å². The summed E-state index contributed by atoms with van der Waals surface area (Å²) in [6, 6.07) is 0. The van der Waals surface area contributed by atoms with E-state index in [0.717, 1.165) is 31.4 Å². The third-order valence-corrected chi connectivity index (χ3v) is 3.50. The van der Waals surface area contributed by atoms with Gasteiger partial charge in [-0.25, -0.2) is 4.98 Å². The number of fused-ring (bicyclic) bond motifs is 1. The van der Waals surface area contributed by atoms with Gasteiger partial charge in [0.2, 0.25) is 11.2 Å². The van der Waals surface area contributed by atoms with Gasteiger partial charge < -0.3 is 15.2 Å². The molecule has 0 atom stereocenters. The zero-order valence-electron chi connectivity index (χ0n) is 10.9. The molecule has 2 aromatic heterocycles. The Morgan fingerprint density at radius 1 is 1.45 bits per heavy atom. The fourth-order valence-electron chi connectivity index (χ4n) is 2.35. The van der Waals surface area contributed by atoms with Gasteiger partial charge in [0, 0.05) is 26.1 Å². The smallest absolute Gasteiger partial charge is 0.226 e. The van der Waals surface area contributed by atoms with Gasteiger partial charge in [-0.05, 0) is 24.4 Å². The molecule has 2 aromatic rings. The maximum Gasteiger partial charge on any atom is 0.226 e. The highest BCUT2D eigenvalue weighted by Gasteiger charge is 2.19. The van der Waals surface area contributed by atoms with Gasteiger partial charge >= 0.3 is 0 Å². The van der Waals surface area contributed by atoms with Crippen molar-refractivity contribution in [1.29, 1.82) is 0 Å². The number of nitrogens with zero attached hydrogens (tertiary/aromatic N) is 4. The van der Waals surface area contributed by atoms with Crippen molar-refractivity contribution >= 4 is 34.5 Å². The van der Waals surface area contributed by atoms with E-state index in [4.69, 9.17) is 11.6 Å². The van der Waals surface area contributed by atoms with Crippen LogP contribution in [0.25, 0.3) is 11.2 Å². The summed E-state index contributed by atoms with van der Waals surface area (Å²) in [7, 11) is 0. The van der Waals surface area contributed by atoms with Gasteiger partial charge in [0.05, 0.1) is 6.33 Å². The van der Waals surface area contributed by atoms with Crippen LogP contribution < -0.4 is 5.32 Å². The predicted molar refractivity (Wildman–Crippen MR) is 75.6 cm³/mol. The Labute approximate surface area is 120 Å². The third-order valence-electron chi connectivity index (χ3n) is 3.33. The molecular weight excluding hydrogens is 280 g/mol. The highest BCUT2D eigenvalue weighted by Crippen LogP contribution is 2.18. The van der Waals surface area contributed by atoms with E-state index in [1.807, 2.05) is 4.90 Å². The molecule has 7 nitrogen and oxygen atoms in total. The van der Waals surface area contributed by atoms with Gasteiger partial charge in [-0.2, -0.15) is 9.97 Å². The van der Waals surface area contributed by atoms with E-state index in [9.17, 15) is 4.79 Å². The van der Waals surface area contributed by atoms with E-state index >= 15 is 0 Å². The van der Waals surface area contributed by atoms with Crippen LogP contribution in [0.5, 0.6) is 0 Å². The lowest BCUT2D eigenvalue weighted by atomic mass is 10.3. The van der Waals surface area contributed by atoms with Gasteiger partial charge in [-0.15, -0.1) is 0 Å². The minimum atomic E-state index is 0.168. The molecule has 0 radical (unpaired) electrons. The average molecular weight is 295 g/mol. The largest absolute Gasteiger partial charge is 0.368 e. The van der Waals surface area contributed by atoms with E-state index in [2.05, 4.69) is 25.3 Å². The predicted octanol–water partition coefficient (Wildman–Crippen LogP) is 1.43. The van der Waals surface area contributed by atoms with Crippen molar-refractivity contribution in [1.82, 2.24) is 24.8 Å². The minimum Gasteiger partial charge on any atom is -0.368 e. The van der Waals surface area contributed by atoms with Crippen molar-refractivity contribution in [3.63, 3.8) is 0 Å². The van der Waals surface area contributed by atoms with Crippen LogP contribution in [0.1, 0.15) is 19.3 Å². The number of likely N-dealkylation sites (tertiary alicyclic amines) is 1. The Morgan fingerprint density at radius 2 is 2.35 bits per heavy atom. The Kier molecular flexibility index (Phi) is 3.68. The summed E-state index contributed by atoms with van der Waals surface area (Å²) >= 11 is 5.85. The minimum absolute atomic E-state index is 0.168. The van der Waals surface area contributed by atoms with Crippen LogP contribution in [0.15, 0.2) is 6.33 Å². The second-order valence-electron chi connectivity index (χ2n) is 4.71. The molecule has 106 valence electrons. The fraction of sp³-hybridized carbons (Fsp3) is 0.500. The first-order chi connectivity index (χ1) is 9.74. The molecule has 0 aromatic carbocycles. The van der Waals surface area contributed by atoms with Gasteiger partial charge in [-0.1, -0.05) is 0 Å². The van der Waals surface area contributed by atoms with Crippen LogP contribution in [-0.2, 0) is 4.79 Å². The van der Waals surface area contributed by atoms with Gasteiger partial charge in [0.15, 0.2) is 11.5 Å². The second kappa shape index (κ2) is 5.62. The number of H-pyrrole nitrogens is 1. The number of carbonyl (C=O) groups excluding carboxylic acids is 1. The van der Waals surface area contributed by atoms with Crippen molar-refractivity contribution in [3.8, 4) is 0 Å². The number of hydrogen-bond acceptors (Lipinski definition) is 5. The molecule has 1 fully saturated rings. The normalized spacial score (nSPS) is 15.2. The van der Waals surface area contributed by atoms with Crippen LogP contribution in [0, 0.1) is 0 Å². The van der Waals surface area contributed by atoms with Crippen LogP contribution in [-0.4, -0.2) is 50.4 Å². The summed E-state index contributed by atoms with van der Waals surface area (Å²) in [5.74, 6) is 0.899. The number of aromatic nitrogens is 4. The molecule has 1 saturated heterocycles. The van der Waals surface area contributed by atoms with Crippen LogP contribution in [0.2, 0.25) is 5.28 Å². The third kappa shape index (κ3) is 2.67. The molecule has 3 rings (SSSR count). The molecular formula is C12H15ClN6O. The van der Waals surface area contributed by atoms with E-state index in [1.165, 1.54) is 0 Å². The average Bonchev–Trinajstić information content (AvgIpc) is 3.03. The lowest BCUT2D eigenvalue weighted by Gasteiger charge is -2.15. The number of aromatic amines is 1. The van der Waals surface area contributed by atoms with E-state index < -0.39 is 0 Å². The molecule has 20 heavy (non-hydrogen) atoms. The summed E-state index contributed by atoms with van der Waals surface area (Å²) in [5, 5.41) is 3.38. The number of carbonyl (C=O) groups is 1. The highest BCUT2D eigenvalue weighted by atomic mass is 35.5. The summed E-state index contributed by atoms with van der Waals surface area (Å²) in [4.78, 5) is 28.6. The maximum absolute atomic E-state index is 11.5. The Bertz CT molecular complexity index is 627. The molecule has 1 amide bonds. The van der Waals surface area contributed by atoms with Crippen molar-refractivity contribution in [2.75, 3.05) is 25.0 Å². The summed E-state index contributed by atoms with van der Waals surface area (Å²) < 4.78 is 0. The molecule has 2 N–H and O–H groups in total. The molecule has 1 aliphatic heterocycles. The first-order valence-corrected chi connectivity index (χ1v) is 7.00. The summed E-state index contributed by atoms with van der Waals surface area (Å²) in [6.07, 6.45) is 4.08. The number of imidazole rings is 1. The number of halogens is 1. The quantitative estimate of drug-likeness (QED) is 0.643. The number of rotatable bonds is 5. The first kappa shape index (κ1) is 13.1. The summed E-state index contributed by atoms with van der Waals surface area (Å²) in [5.41, 5.74) is 1.29. The molecule has 0 saturated carbocycles. The monoisotopic (exact) mass is 294 g/mol. The number of nitrogens with one attached hydrogen (secondary N) is 2. The Balaban J connectivity index is 1.57. The molecule has 8 heteroatoms. The highest BCUT2D eigenvalue weighted by molar-refractivity contribution is 6.28. The first-order valence-electron chi connectivity index (χ1n) is 6.62. The molecule has 0 spiro atoms. The molecule has 1 aliphatic rings. The van der Waals surface area contributed by atoms with Crippen LogP contribution >= 0.6 is 11.6 Å². The Morgan fingerprint density at radius 3 is 3.15 bits per heavy atom. The number of hydrogen-bond donors (Lipinski definition) is 2. The molecule has 0 unspecified atom stereocenters. The second-order valence-corrected chi connectivity index (χ2v) is 5.05. The van der Waals surface area contributed by atoms with Gasteiger partial charge in [-0.3, -0.25) is 4.79 Å². The van der Waals surface area contributed by atoms with Crippen molar-refractivity contribution in [2.24, 2.45) is 0 Å². The van der Waals surface area contributed by atoms with Crippen molar-refractivity contribution in [3.05, 3.63) is 11.6 Å². The zero-order valence-corrected chi connectivity index (χ0v) is 11.7.